The van der Waals surface area contributed by atoms with Crippen LogP contribution in [0.15, 0.2) is 72.1 Å². The first-order valence-corrected chi connectivity index (χ1v) is 9.31. The molecule has 2 aromatic carbocycles. The lowest BCUT2D eigenvalue weighted by Gasteiger charge is -2.18. The fourth-order valence-corrected chi connectivity index (χ4v) is 3.63. The molecule has 0 saturated heterocycles. The standard InChI is InChI=1S/C20H19ClN2OS/c21-17-9-4-6-15(12-17)13-22-19(24)14-23-20(18-10-5-11-25-18)16-7-2-1-3-8-16/h1-12,20,23H,13-14H2,(H,22,24)/t20-/m1/s1. The minimum absolute atomic E-state index is 0.0121. The van der Waals surface area contributed by atoms with Crippen LogP contribution >= 0.6 is 22.9 Å². The number of amides is 1. The number of nitrogens with one attached hydrogen (secondary N) is 2. The number of rotatable bonds is 7. The van der Waals surface area contributed by atoms with Crippen molar-refractivity contribution in [1.29, 1.82) is 0 Å². The van der Waals surface area contributed by atoms with Gasteiger partial charge in [0.1, 0.15) is 0 Å². The largest absolute Gasteiger partial charge is 0.351 e. The highest BCUT2D eigenvalue weighted by atomic mass is 35.5. The Labute approximate surface area is 156 Å². The van der Waals surface area contributed by atoms with E-state index in [2.05, 4.69) is 28.8 Å². The van der Waals surface area contributed by atoms with Crippen molar-refractivity contribution in [2.45, 2.75) is 12.6 Å². The van der Waals surface area contributed by atoms with Crippen LogP contribution in [0.5, 0.6) is 0 Å². The highest BCUT2D eigenvalue weighted by molar-refractivity contribution is 7.10. The Morgan fingerprint density at radius 3 is 2.60 bits per heavy atom. The molecule has 1 aromatic heterocycles. The third-order valence-electron chi connectivity index (χ3n) is 3.81. The summed E-state index contributed by atoms with van der Waals surface area (Å²) in [5, 5.41) is 9.00. The van der Waals surface area contributed by atoms with Crippen LogP contribution in [0.25, 0.3) is 0 Å². The van der Waals surface area contributed by atoms with E-state index in [0.29, 0.717) is 11.6 Å². The molecule has 0 fully saturated rings. The van der Waals surface area contributed by atoms with E-state index in [1.165, 1.54) is 4.88 Å². The molecule has 0 spiro atoms. The van der Waals surface area contributed by atoms with Crippen molar-refractivity contribution in [3.05, 3.63) is 93.1 Å². The van der Waals surface area contributed by atoms with Crippen molar-refractivity contribution in [2.24, 2.45) is 0 Å². The monoisotopic (exact) mass is 370 g/mol. The van der Waals surface area contributed by atoms with E-state index in [-0.39, 0.29) is 18.5 Å². The summed E-state index contributed by atoms with van der Waals surface area (Å²) in [6.07, 6.45) is 0. The van der Waals surface area contributed by atoms with Gasteiger partial charge < -0.3 is 5.32 Å². The van der Waals surface area contributed by atoms with Gasteiger partial charge in [-0.2, -0.15) is 0 Å². The summed E-state index contributed by atoms with van der Waals surface area (Å²) in [6, 6.07) is 21.8. The van der Waals surface area contributed by atoms with Crippen LogP contribution in [0, 0.1) is 0 Å². The molecule has 0 aliphatic heterocycles. The van der Waals surface area contributed by atoms with Gasteiger partial charge in [-0.1, -0.05) is 60.1 Å². The van der Waals surface area contributed by atoms with E-state index in [4.69, 9.17) is 11.6 Å². The summed E-state index contributed by atoms with van der Waals surface area (Å²) >= 11 is 7.64. The molecule has 5 heteroatoms. The Morgan fingerprint density at radius 2 is 1.88 bits per heavy atom. The Hall–Kier alpha value is -2.14. The van der Waals surface area contributed by atoms with E-state index in [1.807, 2.05) is 53.9 Å². The van der Waals surface area contributed by atoms with Crippen LogP contribution < -0.4 is 10.6 Å². The fourth-order valence-electron chi connectivity index (χ4n) is 2.59. The molecule has 2 N–H and O–H groups in total. The maximum Gasteiger partial charge on any atom is 0.234 e. The van der Waals surface area contributed by atoms with Gasteiger partial charge in [-0.05, 0) is 34.7 Å². The number of benzene rings is 2. The summed E-state index contributed by atoms with van der Waals surface area (Å²) < 4.78 is 0. The number of halogens is 1. The molecule has 0 bridgehead atoms. The van der Waals surface area contributed by atoms with Crippen LogP contribution in [0.1, 0.15) is 22.0 Å². The van der Waals surface area contributed by atoms with Crippen molar-refractivity contribution in [3.63, 3.8) is 0 Å². The molecule has 1 heterocycles. The molecule has 0 radical (unpaired) electrons. The van der Waals surface area contributed by atoms with E-state index in [1.54, 1.807) is 11.3 Å². The van der Waals surface area contributed by atoms with Gasteiger partial charge in [-0.3, -0.25) is 10.1 Å². The minimum Gasteiger partial charge on any atom is -0.351 e. The van der Waals surface area contributed by atoms with Crippen molar-refractivity contribution >= 4 is 28.8 Å². The number of carbonyl (C=O) groups excluding carboxylic acids is 1. The van der Waals surface area contributed by atoms with Crippen molar-refractivity contribution in [1.82, 2.24) is 10.6 Å². The zero-order chi connectivity index (χ0) is 17.5. The molecular formula is C20H19ClN2OS. The van der Waals surface area contributed by atoms with Crippen LogP contribution in [0.4, 0.5) is 0 Å². The summed E-state index contributed by atoms with van der Waals surface area (Å²) in [5.74, 6) is -0.0440. The normalized spacial score (nSPS) is 11.9. The van der Waals surface area contributed by atoms with Crippen molar-refractivity contribution < 1.29 is 4.79 Å². The smallest absolute Gasteiger partial charge is 0.234 e. The first-order chi connectivity index (χ1) is 12.2. The molecule has 0 aliphatic rings. The van der Waals surface area contributed by atoms with Gasteiger partial charge in [0.2, 0.25) is 5.91 Å². The predicted octanol–water partition coefficient (Wildman–Crippen LogP) is 4.40. The SMILES string of the molecule is O=C(CN[C@H](c1ccccc1)c1cccs1)NCc1cccc(Cl)c1. The number of hydrogen-bond donors (Lipinski definition) is 2. The Kier molecular flexibility index (Phi) is 6.23. The average molecular weight is 371 g/mol. The van der Waals surface area contributed by atoms with Crippen molar-refractivity contribution in [2.75, 3.05) is 6.54 Å². The highest BCUT2D eigenvalue weighted by Gasteiger charge is 2.15. The fraction of sp³-hybridized carbons (Fsp3) is 0.150. The second-order valence-electron chi connectivity index (χ2n) is 5.65. The van der Waals surface area contributed by atoms with Crippen LogP contribution in [-0.4, -0.2) is 12.5 Å². The summed E-state index contributed by atoms with van der Waals surface area (Å²) in [4.78, 5) is 13.4. The molecule has 1 amide bonds. The van der Waals surface area contributed by atoms with Crippen LogP contribution in [0.2, 0.25) is 5.02 Å². The van der Waals surface area contributed by atoms with Crippen molar-refractivity contribution in [3.8, 4) is 0 Å². The molecule has 3 rings (SSSR count). The quantitative estimate of drug-likeness (QED) is 0.647. The van der Waals surface area contributed by atoms with Gasteiger partial charge in [-0.15, -0.1) is 11.3 Å². The first-order valence-electron chi connectivity index (χ1n) is 8.05. The molecule has 0 unspecified atom stereocenters. The molecule has 1 atom stereocenters. The van der Waals surface area contributed by atoms with E-state index >= 15 is 0 Å². The second-order valence-corrected chi connectivity index (χ2v) is 7.06. The summed E-state index contributed by atoms with van der Waals surface area (Å²) in [6.45, 7) is 0.716. The molecule has 3 aromatic rings. The minimum atomic E-state index is -0.0440. The number of carbonyl (C=O) groups is 1. The van der Waals surface area contributed by atoms with Gasteiger partial charge >= 0.3 is 0 Å². The molecule has 0 aliphatic carbocycles. The molecule has 0 saturated carbocycles. The third-order valence-corrected chi connectivity index (χ3v) is 4.98. The van der Waals surface area contributed by atoms with Gasteiger partial charge in [0.25, 0.3) is 0 Å². The maximum atomic E-state index is 12.2. The second kappa shape index (κ2) is 8.81. The molecule has 3 nitrogen and oxygen atoms in total. The number of thiophene rings is 1. The van der Waals surface area contributed by atoms with E-state index in [0.717, 1.165) is 11.1 Å². The topological polar surface area (TPSA) is 41.1 Å². The Morgan fingerprint density at radius 1 is 1.04 bits per heavy atom. The zero-order valence-electron chi connectivity index (χ0n) is 13.6. The Balaban J connectivity index is 1.58. The summed E-state index contributed by atoms with van der Waals surface area (Å²) in [5.41, 5.74) is 2.13. The third kappa shape index (κ3) is 5.16. The number of hydrogen-bond acceptors (Lipinski definition) is 3. The maximum absolute atomic E-state index is 12.2. The van der Waals surface area contributed by atoms with Crippen LogP contribution in [-0.2, 0) is 11.3 Å². The highest BCUT2D eigenvalue weighted by Crippen LogP contribution is 2.25. The van der Waals surface area contributed by atoms with E-state index < -0.39 is 0 Å². The average Bonchev–Trinajstić information content (AvgIpc) is 3.15. The lowest BCUT2D eigenvalue weighted by molar-refractivity contribution is -0.120. The predicted molar refractivity (Wildman–Crippen MR) is 104 cm³/mol. The summed E-state index contributed by atoms with van der Waals surface area (Å²) in [7, 11) is 0. The van der Waals surface area contributed by atoms with Gasteiger partial charge in [-0.25, -0.2) is 0 Å². The zero-order valence-corrected chi connectivity index (χ0v) is 15.2. The Bertz CT molecular complexity index is 806. The molecule has 128 valence electrons. The van der Waals surface area contributed by atoms with Gasteiger partial charge in [0.05, 0.1) is 12.6 Å². The lowest BCUT2D eigenvalue weighted by Crippen LogP contribution is -2.35. The van der Waals surface area contributed by atoms with Crippen LogP contribution in [0.3, 0.4) is 0 Å². The molecule has 25 heavy (non-hydrogen) atoms. The lowest BCUT2D eigenvalue weighted by atomic mass is 10.1. The molecular weight excluding hydrogens is 352 g/mol. The van der Waals surface area contributed by atoms with Gasteiger partial charge in [0.15, 0.2) is 0 Å². The van der Waals surface area contributed by atoms with Gasteiger partial charge in [0, 0.05) is 16.4 Å². The van der Waals surface area contributed by atoms with E-state index in [9.17, 15) is 4.79 Å². The first kappa shape index (κ1) is 17.7.